The summed E-state index contributed by atoms with van der Waals surface area (Å²) in [5.74, 6) is 0. The molecule has 2 aliphatic rings. The van der Waals surface area contributed by atoms with E-state index < -0.39 is 0 Å². The Bertz CT molecular complexity index is 194. The lowest BCUT2D eigenvalue weighted by Gasteiger charge is -2.44. The van der Waals surface area contributed by atoms with Crippen LogP contribution in [0.2, 0.25) is 0 Å². The summed E-state index contributed by atoms with van der Waals surface area (Å²) >= 11 is 0. The maximum absolute atomic E-state index is 5.85. The Morgan fingerprint density at radius 2 is 2.20 bits per heavy atom. The molecule has 3 nitrogen and oxygen atoms in total. The minimum absolute atomic E-state index is 0.329. The van der Waals surface area contributed by atoms with Crippen LogP contribution in [0.1, 0.15) is 39.0 Å². The first-order valence-corrected chi connectivity index (χ1v) is 6.38. The van der Waals surface area contributed by atoms with Crippen LogP contribution >= 0.6 is 0 Å². The van der Waals surface area contributed by atoms with Crippen LogP contribution in [-0.2, 0) is 4.74 Å². The molecule has 1 aliphatic carbocycles. The van der Waals surface area contributed by atoms with Crippen molar-refractivity contribution in [3.05, 3.63) is 0 Å². The Morgan fingerprint density at radius 1 is 1.40 bits per heavy atom. The van der Waals surface area contributed by atoms with Crippen LogP contribution in [0.25, 0.3) is 0 Å². The molecule has 15 heavy (non-hydrogen) atoms. The van der Waals surface area contributed by atoms with Crippen molar-refractivity contribution in [1.82, 2.24) is 4.90 Å². The fourth-order valence-corrected chi connectivity index (χ4v) is 2.82. The molecule has 1 saturated heterocycles. The van der Waals surface area contributed by atoms with Crippen LogP contribution < -0.4 is 5.73 Å². The topological polar surface area (TPSA) is 38.5 Å². The molecule has 0 aromatic heterocycles. The van der Waals surface area contributed by atoms with Gasteiger partial charge in [0.1, 0.15) is 0 Å². The van der Waals surface area contributed by atoms with Gasteiger partial charge in [0.25, 0.3) is 0 Å². The van der Waals surface area contributed by atoms with E-state index in [9.17, 15) is 0 Å². The van der Waals surface area contributed by atoms with E-state index >= 15 is 0 Å². The second-order valence-electron chi connectivity index (χ2n) is 5.06. The minimum Gasteiger partial charge on any atom is -0.375 e. The van der Waals surface area contributed by atoms with Crippen molar-refractivity contribution in [1.29, 1.82) is 0 Å². The molecule has 2 rings (SSSR count). The number of nitrogens with zero attached hydrogens (tertiary/aromatic N) is 1. The van der Waals surface area contributed by atoms with E-state index in [1.807, 2.05) is 0 Å². The summed E-state index contributed by atoms with van der Waals surface area (Å²) < 4.78 is 5.85. The number of rotatable bonds is 3. The van der Waals surface area contributed by atoms with Crippen LogP contribution in [0.15, 0.2) is 0 Å². The fourth-order valence-electron chi connectivity index (χ4n) is 2.82. The van der Waals surface area contributed by atoms with Gasteiger partial charge in [-0.1, -0.05) is 12.8 Å². The molecular formula is C12H24N2O. The van der Waals surface area contributed by atoms with Crippen LogP contribution in [0.4, 0.5) is 0 Å². The van der Waals surface area contributed by atoms with Crippen LogP contribution in [-0.4, -0.2) is 42.8 Å². The van der Waals surface area contributed by atoms with Crippen LogP contribution in [0.5, 0.6) is 0 Å². The number of nitrogens with two attached hydrogens (primary N) is 1. The van der Waals surface area contributed by atoms with E-state index in [4.69, 9.17) is 10.5 Å². The molecule has 2 fully saturated rings. The summed E-state index contributed by atoms with van der Waals surface area (Å²) in [5.41, 5.74) is 5.82. The predicted octanol–water partition coefficient (Wildman–Crippen LogP) is 1.37. The molecule has 3 heteroatoms. The normalized spacial score (nSPS) is 34.8. The van der Waals surface area contributed by atoms with E-state index in [1.165, 1.54) is 25.7 Å². The number of fused-ring (bicyclic) bond motifs is 1. The number of ether oxygens (including phenoxy) is 1. The van der Waals surface area contributed by atoms with Crippen molar-refractivity contribution in [3.8, 4) is 0 Å². The Balaban J connectivity index is 1.86. The maximum Gasteiger partial charge on any atom is 0.0730 e. The third-order valence-corrected chi connectivity index (χ3v) is 3.72. The lowest BCUT2D eigenvalue weighted by molar-refractivity contribution is -0.0884. The Labute approximate surface area is 93.0 Å². The molecule has 1 saturated carbocycles. The molecule has 2 N–H and O–H groups in total. The van der Waals surface area contributed by atoms with E-state index in [2.05, 4.69) is 11.8 Å². The molecule has 88 valence electrons. The van der Waals surface area contributed by atoms with Crippen molar-refractivity contribution in [3.63, 3.8) is 0 Å². The van der Waals surface area contributed by atoms with E-state index in [0.717, 1.165) is 26.1 Å². The molecule has 0 aromatic carbocycles. The van der Waals surface area contributed by atoms with Crippen LogP contribution in [0, 0.1) is 0 Å². The maximum atomic E-state index is 5.85. The highest BCUT2D eigenvalue weighted by Gasteiger charge is 2.33. The third-order valence-electron chi connectivity index (χ3n) is 3.72. The largest absolute Gasteiger partial charge is 0.375 e. The first-order chi connectivity index (χ1) is 7.27. The van der Waals surface area contributed by atoms with Gasteiger partial charge in [0, 0.05) is 25.2 Å². The zero-order valence-corrected chi connectivity index (χ0v) is 9.82. The molecule has 3 unspecified atom stereocenters. The summed E-state index contributed by atoms with van der Waals surface area (Å²) in [4.78, 5) is 2.61. The second kappa shape index (κ2) is 5.28. The zero-order valence-electron chi connectivity index (χ0n) is 9.82. The minimum atomic E-state index is 0.329. The standard InChI is InChI=1S/C12H24N2O/c1-10(13)6-7-14-8-9-15-12-5-3-2-4-11(12)14/h10-12H,2-9,13H2,1H3. The lowest BCUT2D eigenvalue weighted by Crippen LogP contribution is -2.53. The fraction of sp³-hybridized carbons (Fsp3) is 1.00. The zero-order chi connectivity index (χ0) is 10.7. The van der Waals surface area contributed by atoms with Crippen molar-refractivity contribution >= 4 is 0 Å². The first kappa shape index (κ1) is 11.4. The van der Waals surface area contributed by atoms with Gasteiger partial charge in [0.15, 0.2) is 0 Å². The lowest BCUT2D eigenvalue weighted by atomic mass is 9.90. The van der Waals surface area contributed by atoms with Gasteiger partial charge in [0.05, 0.1) is 12.7 Å². The van der Waals surface area contributed by atoms with Gasteiger partial charge in [-0.3, -0.25) is 4.90 Å². The molecule has 0 spiro atoms. The highest BCUT2D eigenvalue weighted by atomic mass is 16.5. The molecule has 0 radical (unpaired) electrons. The third kappa shape index (κ3) is 2.92. The van der Waals surface area contributed by atoms with E-state index in [-0.39, 0.29) is 0 Å². The highest BCUT2D eigenvalue weighted by molar-refractivity contribution is 4.87. The monoisotopic (exact) mass is 212 g/mol. The molecule has 1 aliphatic heterocycles. The van der Waals surface area contributed by atoms with Gasteiger partial charge in [0.2, 0.25) is 0 Å². The van der Waals surface area contributed by atoms with Gasteiger partial charge in [-0.05, 0) is 26.2 Å². The summed E-state index contributed by atoms with van der Waals surface area (Å²) in [7, 11) is 0. The van der Waals surface area contributed by atoms with Gasteiger partial charge in [-0.2, -0.15) is 0 Å². The average Bonchev–Trinajstić information content (AvgIpc) is 2.26. The van der Waals surface area contributed by atoms with Crippen molar-refractivity contribution in [2.24, 2.45) is 5.73 Å². The SMILES string of the molecule is CC(N)CCN1CCOC2CCCCC21. The summed E-state index contributed by atoms with van der Waals surface area (Å²) in [6.45, 7) is 5.27. The Morgan fingerprint density at radius 3 is 3.00 bits per heavy atom. The Hall–Kier alpha value is -0.120. The van der Waals surface area contributed by atoms with Crippen molar-refractivity contribution in [2.45, 2.75) is 57.2 Å². The molecule has 0 amide bonds. The van der Waals surface area contributed by atoms with Gasteiger partial charge >= 0.3 is 0 Å². The van der Waals surface area contributed by atoms with Crippen molar-refractivity contribution in [2.75, 3.05) is 19.7 Å². The van der Waals surface area contributed by atoms with Crippen molar-refractivity contribution < 1.29 is 4.74 Å². The number of hydrogen-bond acceptors (Lipinski definition) is 3. The number of morpholine rings is 1. The Kier molecular flexibility index (Phi) is 4.00. The van der Waals surface area contributed by atoms with E-state index in [1.54, 1.807) is 0 Å². The number of hydrogen-bond donors (Lipinski definition) is 1. The van der Waals surface area contributed by atoms with E-state index in [0.29, 0.717) is 18.2 Å². The quantitative estimate of drug-likeness (QED) is 0.768. The van der Waals surface area contributed by atoms with Crippen LogP contribution in [0.3, 0.4) is 0 Å². The van der Waals surface area contributed by atoms with Gasteiger partial charge in [-0.15, -0.1) is 0 Å². The predicted molar refractivity (Wildman–Crippen MR) is 61.8 cm³/mol. The second-order valence-corrected chi connectivity index (χ2v) is 5.06. The van der Waals surface area contributed by atoms with Gasteiger partial charge < -0.3 is 10.5 Å². The average molecular weight is 212 g/mol. The first-order valence-electron chi connectivity index (χ1n) is 6.38. The smallest absolute Gasteiger partial charge is 0.0730 e. The molecule has 1 heterocycles. The summed E-state index contributed by atoms with van der Waals surface area (Å²) in [6, 6.07) is 1.01. The molecule has 3 atom stereocenters. The molecular weight excluding hydrogens is 188 g/mol. The molecule has 0 bridgehead atoms. The highest BCUT2D eigenvalue weighted by Crippen LogP contribution is 2.28. The summed E-state index contributed by atoms with van der Waals surface area (Å²) in [6.07, 6.45) is 6.94. The van der Waals surface area contributed by atoms with Gasteiger partial charge in [-0.25, -0.2) is 0 Å². The summed E-state index contributed by atoms with van der Waals surface area (Å²) in [5, 5.41) is 0. The molecule has 0 aromatic rings.